The molecule has 0 atom stereocenters. The fourth-order valence-corrected chi connectivity index (χ4v) is 1.62. The zero-order valence-corrected chi connectivity index (χ0v) is 11.1. The van der Waals surface area contributed by atoms with Gasteiger partial charge in [0.05, 0.1) is 0 Å². The van der Waals surface area contributed by atoms with Crippen LogP contribution >= 0.6 is 0 Å². The monoisotopic (exact) mass is 268 g/mol. The van der Waals surface area contributed by atoms with Crippen LogP contribution in [0.1, 0.15) is 11.1 Å². The van der Waals surface area contributed by atoms with Crippen LogP contribution in [0, 0.1) is 0 Å². The largest absolute Gasteiger partial charge is 0.508 e. The van der Waals surface area contributed by atoms with E-state index in [-0.39, 0.29) is 13.2 Å². The molecular weight excluding hydrogens is 252 g/mol. The molecule has 0 unspecified atom stereocenters. The summed E-state index contributed by atoms with van der Waals surface area (Å²) >= 11 is 0. The van der Waals surface area contributed by atoms with Gasteiger partial charge >= 0.3 is 6.16 Å². The quantitative estimate of drug-likeness (QED) is 0.767. The predicted octanol–water partition coefficient (Wildman–Crippen LogP) is 4.05. The minimum atomic E-state index is -0.661. The first-order valence-electron chi connectivity index (χ1n) is 6.39. The summed E-state index contributed by atoms with van der Waals surface area (Å²) in [7, 11) is 0. The smallest absolute Gasteiger partial charge is 0.430 e. The number of hydrogen-bond donors (Lipinski definition) is 0. The van der Waals surface area contributed by atoms with Gasteiger partial charge in [0.2, 0.25) is 0 Å². The van der Waals surface area contributed by atoms with Crippen molar-refractivity contribution in [3.63, 3.8) is 0 Å². The highest BCUT2D eigenvalue weighted by Gasteiger charge is 2.02. The molecule has 0 fully saturated rings. The average molecular weight is 268 g/mol. The summed E-state index contributed by atoms with van der Waals surface area (Å²) in [6.07, 6.45) is 3.01. The minimum Gasteiger partial charge on any atom is -0.430 e. The summed E-state index contributed by atoms with van der Waals surface area (Å²) in [4.78, 5) is 11.3. The van der Waals surface area contributed by atoms with Crippen LogP contribution in [0.2, 0.25) is 0 Å². The van der Waals surface area contributed by atoms with Crippen LogP contribution in [0.3, 0.4) is 0 Å². The maximum absolute atomic E-state index is 11.3. The third-order valence-corrected chi connectivity index (χ3v) is 2.61. The fourth-order valence-electron chi connectivity index (χ4n) is 1.62. The van der Waals surface area contributed by atoms with Crippen molar-refractivity contribution in [1.29, 1.82) is 0 Å². The maximum atomic E-state index is 11.3. The molecule has 0 aliphatic heterocycles. The van der Waals surface area contributed by atoms with Crippen molar-refractivity contribution in [2.24, 2.45) is 0 Å². The standard InChI is InChI=1S/C17H16O3/c18-17(20-14-16-10-5-2-6-11-16)19-13-7-12-15-8-3-1-4-9-15/h1-12H,13-14H2/b12-7+. The lowest BCUT2D eigenvalue weighted by molar-refractivity contribution is 0.0577. The first kappa shape index (κ1) is 13.9. The number of benzene rings is 2. The van der Waals surface area contributed by atoms with Crippen molar-refractivity contribution < 1.29 is 14.3 Å². The van der Waals surface area contributed by atoms with Crippen LogP contribution in [0.5, 0.6) is 0 Å². The number of hydrogen-bond acceptors (Lipinski definition) is 3. The van der Waals surface area contributed by atoms with Gasteiger partial charge in [-0.15, -0.1) is 0 Å². The number of ether oxygens (including phenoxy) is 2. The van der Waals surface area contributed by atoms with Crippen molar-refractivity contribution in [2.45, 2.75) is 6.61 Å². The molecule has 0 saturated carbocycles. The van der Waals surface area contributed by atoms with Gasteiger partial charge in [-0.3, -0.25) is 0 Å². The van der Waals surface area contributed by atoms with E-state index >= 15 is 0 Å². The van der Waals surface area contributed by atoms with Crippen LogP contribution in [0.15, 0.2) is 66.7 Å². The Kier molecular flexibility index (Phi) is 5.40. The Hall–Kier alpha value is -2.55. The third-order valence-electron chi connectivity index (χ3n) is 2.61. The van der Waals surface area contributed by atoms with E-state index in [0.29, 0.717) is 0 Å². The van der Waals surface area contributed by atoms with Gasteiger partial charge in [0, 0.05) is 0 Å². The van der Waals surface area contributed by atoms with E-state index in [0.717, 1.165) is 11.1 Å². The first-order valence-corrected chi connectivity index (χ1v) is 6.39. The Bertz CT molecular complexity index is 547. The lowest BCUT2D eigenvalue weighted by Gasteiger charge is -2.04. The van der Waals surface area contributed by atoms with Crippen LogP contribution in [-0.4, -0.2) is 12.8 Å². The van der Waals surface area contributed by atoms with Crippen LogP contribution < -0.4 is 0 Å². The topological polar surface area (TPSA) is 35.5 Å². The summed E-state index contributed by atoms with van der Waals surface area (Å²) in [6, 6.07) is 19.3. The predicted molar refractivity (Wildman–Crippen MR) is 78.1 cm³/mol. The van der Waals surface area contributed by atoms with E-state index in [1.807, 2.05) is 66.7 Å². The lowest BCUT2D eigenvalue weighted by atomic mass is 10.2. The van der Waals surface area contributed by atoms with Gasteiger partial charge in [-0.1, -0.05) is 66.7 Å². The summed E-state index contributed by atoms with van der Waals surface area (Å²) in [5.41, 5.74) is 2.00. The highest BCUT2D eigenvalue weighted by atomic mass is 16.7. The molecule has 2 aromatic carbocycles. The molecule has 20 heavy (non-hydrogen) atoms. The molecule has 0 spiro atoms. The van der Waals surface area contributed by atoms with E-state index in [1.54, 1.807) is 6.08 Å². The molecule has 102 valence electrons. The maximum Gasteiger partial charge on any atom is 0.508 e. The second-order valence-corrected chi connectivity index (χ2v) is 4.15. The second-order valence-electron chi connectivity index (χ2n) is 4.15. The number of carbonyl (C=O) groups is 1. The Morgan fingerprint density at radius 1 is 0.900 bits per heavy atom. The molecule has 0 N–H and O–H groups in total. The molecule has 0 bridgehead atoms. The summed E-state index contributed by atoms with van der Waals surface area (Å²) in [5, 5.41) is 0. The summed E-state index contributed by atoms with van der Waals surface area (Å²) < 4.78 is 9.92. The molecule has 0 aliphatic carbocycles. The molecule has 0 saturated heterocycles. The van der Waals surface area contributed by atoms with Gasteiger partial charge in [-0.25, -0.2) is 4.79 Å². The van der Waals surface area contributed by atoms with Gasteiger partial charge in [0.25, 0.3) is 0 Å². The molecule has 0 aromatic heterocycles. The van der Waals surface area contributed by atoms with Crippen LogP contribution in [0.4, 0.5) is 4.79 Å². The Labute approximate surface area is 118 Å². The lowest BCUT2D eigenvalue weighted by Crippen LogP contribution is -2.07. The van der Waals surface area contributed by atoms with E-state index in [1.165, 1.54) is 0 Å². The average Bonchev–Trinajstić information content (AvgIpc) is 2.52. The molecule has 0 amide bonds. The van der Waals surface area contributed by atoms with Crippen molar-refractivity contribution in [2.75, 3.05) is 6.61 Å². The SMILES string of the molecule is O=C(OC/C=C/c1ccccc1)OCc1ccccc1. The van der Waals surface area contributed by atoms with Gasteiger partial charge in [-0.2, -0.15) is 0 Å². The number of rotatable bonds is 5. The van der Waals surface area contributed by atoms with Gasteiger partial charge in [0.1, 0.15) is 13.2 Å². The highest BCUT2D eigenvalue weighted by Crippen LogP contribution is 2.03. The molecule has 0 aliphatic rings. The van der Waals surface area contributed by atoms with Gasteiger partial charge in [-0.05, 0) is 17.2 Å². The molecule has 3 nitrogen and oxygen atoms in total. The van der Waals surface area contributed by atoms with Crippen molar-refractivity contribution >= 4 is 12.2 Å². The third kappa shape index (κ3) is 4.98. The zero-order chi connectivity index (χ0) is 14.0. The van der Waals surface area contributed by atoms with E-state index < -0.39 is 6.16 Å². The Morgan fingerprint density at radius 3 is 2.25 bits per heavy atom. The normalized spacial score (nSPS) is 10.4. The molecule has 0 radical (unpaired) electrons. The first-order chi connectivity index (χ1) is 9.84. The Balaban J connectivity index is 1.67. The number of carbonyl (C=O) groups excluding carboxylic acids is 1. The van der Waals surface area contributed by atoms with Crippen molar-refractivity contribution in [3.8, 4) is 0 Å². The summed E-state index contributed by atoms with van der Waals surface area (Å²) in [6.45, 7) is 0.421. The molecule has 2 aromatic rings. The molecule has 2 rings (SSSR count). The van der Waals surface area contributed by atoms with E-state index in [2.05, 4.69) is 0 Å². The summed E-state index contributed by atoms with van der Waals surface area (Å²) in [5.74, 6) is 0. The van der Waals surface area contributed by atoms with Gasteiger partial charge in [0.15, 0.2) is 0 Å². The van der Waals surface area contributed by atoms with Crippen LogP contribution in [0.25, 0.3) is 6.08 Å². The molecular formula is C17H16O3. The zero-order valence-electron chi connectivity index (χ0n) is 11.1. The van der Waals surface area contributed by atoms with Crippen molar-refractivity contribution in [3.05, 3.63) is 77.9 Å². The van der Waals surface area contributed by atoms with Crippen LogP contribution in [-0.2, 0) is 16.1 Å². The molecule has 0 heterocycles. The minimum absolute atomic E-state index is 0.197. The second kappa shape index (κ2) is 7.79. The highest BCUT2D eigenvalue weighted by molar-refractivity contribution is 5.60. The Morgan fingerprint density at radius 2 is 1.55 bits per heavy atom. The van der Waals surface area contributed by atoms with E-state index in [4.69, 9.17) is 9.47 Å². The molecule has 3 heteroatoms. The van der Waals surface area contributed by atoms with Crippen molar-refractivity contribution in [1.82, 2.24) is 0 Å². The fraction of sp³-hybridized carbons (Fsp3) is 0.118. The van der Waals surface area contributed by atoms with E-state index in [9.17, 15) is 4.79 Å². The van der Waals surface area contributed by atoms with Gasteiger partial charge < -0.3 is 9.47 Å².